The van der Waals surface area contributed by atoms with Crippen LogP contribution in [0.3, 0.4) is 0 Å². The molecule has 0 spiro atoms. The Morgan fingerprint density at radius 3 is 2.43 bits per heavy atom. The van der Waals surface area contributed by atoms with E-state index in [0.29, 0.717) is 5.57 Å². The van der Waals surface area contributed by atoms with Gasteiger partial charge in [0.2, 0.25) is 0 Å². The van der Waals surface area contributed by atoms with Crippen molar-refractivity contribution in [3.63, 3.8) is 0 Å². The second-order valence-electron chi connectivity index (χ2n) is 7.46. The number of likely N-dealkylation sites (N-methyl/N-ethyl adjacent to an activating group) is 1. The standard InChI is InChI=1S/C24H30N2O2/c1-5-25(6-2)13-14-26-16-22(24(27)28)20-9-7-8-10-21(20)23(26)19-12-11-17(3)15-18(19)4/h7-12,15-16,23H,5-6,13-14H2,1-4H3,(H,27,28). The highest BCUT2D eigenvalue weighted by Crippen LogP contribution is 2.40. The van der Waals surface area contributed by atoms with Gasteiger partial charge in [0.15, 0.2) is 0 Å². The Balaban J connectivity index is 2.10. The lowest BCUT2D eigenvalue weighted by atomic mass is 9.85. The fraction of sp³-hybridized carbons (Fsp3) is 0.375. The summed E-state index contributed by atoms with van der Waals surface area (Å²) in [6.07, 6.45) is 1.85. The molecule has 1 heterocycles. The van der Waals surface area contributed by atoms with Crippen molar-refractivity contribution in [2.45, 2.75) is 33.7 Å². The third-order valence-corrected chi connectivity index (χ3v) is 5.69. The first-order valence-electron chi connectivity index (χ1n) is 10.1. The van der Waals surface area contributed by atoms with Crippen LogP contribution in [0.15, 0.2) is 48.7 Å². The number of nitrogens with zero attached hydrogens (tertiary/aromatic N) is 2. The lowest BCUT2D eigenvalue weighted by molar-refractivity contribution is -0.130. The third kappa shape index (κ3) is 3.97. The van der Waals surface area contributed by atoms with Crippen molar-refractivity contribution in [1.82, 2.24) is 9.80 Å². The summed E-state index contributed by atoms with van der Waals surface area (Å²) < 4.78 is 0. The molecule has 1 aliphatic heterocycles. The molecule has 0 amide bonds. The fourth-order valence-corrected chi connectivity index (χ4v) is 4.11. The zero-order valence-electron chi connectivity index (χ0n) is 17.3. The quantitative estimate of drug-likeness (QED) is 0.772. The van der Waals surface area contributed by atoms with E-state index in [4.69, 9.17) is 0 Å². The van der Waals surface area contributed by atoms with Gasteiger partial charge in [-0.1, -0.05) is 61.9 Å². The molecule has 0 saturated carbocycles. The van der Waals surface area contributed by atoms with Gasteiger partial charge >= 0.3 is 5.97 Å². The van der Waals surface area contributed by atoms with Crippen molar-refractivity contribution < 1.29 is 9.90 Å². The van der Waals surface area contributed by atoms with Gasteiger partial charge < -0.3 is 14.9 Å². The van der Waals surface area contributed by atoms with Gasteiger partial charge in [-0.25, -0.2) is 4.79 Å². The van der Waals surface area contributed by atoms with Crippen molar-refractivity contribution in [1.29, 1.82) is 0 Å². The molecule has 148 valence electrons. The highest BCUT2D eigenvalue weighted by molar-refractivity contribution is 6.16. The largest absolute Gasteiger partial charge is 0.478 e. The van der Waals surface area contributed by atoms with Gasteiger partial charge in [0, 0.05) is 19.3 Å². The van der Waals surface area contributed by atoms with Crippen molar-refractivity contribution in [2.75, 3.05) is 26.2 Å². The number of aliphatic carboxylic acids is 1. The van der Waals surface area contributed by atoms with E-state index in [9.17, 15) is 9.90 Å². The Morgan fingerprint density at radius 2 is 1.79 bits per heavy atom. The minimum atomic E-state index is -0.876. The number of benzene rings is 2. The highest BCUT2D eigenvalue weighted by Gasteiger charge is 2.31. The lowest BCUT2D eigenvalue weighted by Gasteiger charge is -2.38. The molecule has 4 nitrogen and oxygen atoms in total. The minimum Gasteiger partial charge on any atom is -0.478 e. The van der Waals surface area contributed by atoms with Gasteiger partial charge in [-0.2, -0.15) is 0 Å². The van der Waals surface area contributed by atoms with E-state index in [-0.39, 0.29) is 6.04 Å². The molecule has 1 atom stereocenters. The molecule has 1 N–H and O–H groups in total. The maximum Gasteiger partial charge on any atom is 0.337 e. The van der Waals surface area contributed by atoms with E-state index >= 15 is 0 Å². The van der Waals surface area contributed by atoms with Crippen LogP contribution < -0.4 is 0 Å². The average Bonchev–Trinajstić information content (AvgIpc) is 2.68. The summed E-state index contributed by atoms with van der Waals surface area (Å²) in [6.45, 7) is 12.2. The zero-order valence-corrected chi connectivity index (χ0v) is 17.3. The summed E-state index contributed by atoms with van der Waals surface area (Å²) in [5, 5.41) is 9.81. The van der Waals surface area contributed by atoms with E-state index in [2.05, 4.69) is 61.8 Å². The molecule has 0 bridgehead atoms. The summed E-state index contributed by atoms with van der Waals surface area (Å²) in [7, 11) is 0. The van der Waals surface area contributed by atoms with Gasteiger partial charge in [-0.15, -0.1) is 0 Å². The number of fused-ring (bicyclic) bond motifs is 1. The minimum absolute atomic E-state index is 0.0236. The average molecular weight is 379 g/mol. The van der Waals surface area contributed by atoms with Crippen LogP contribution in [0.25, 0.3) is 5.57 Å². The highest BCUT2D eigenvalue weighted by atomic mass is 16.4. The van der Waals surface area contributed by atoms with Crippen LogP contribution >= 0.6 is 0 Å². The third-order valence-electron chi connectivity index (χ3n) is 5.69. The predicted molar refractivity (Wildman–Crippen MR) is 114 cm³/mol. The smallest absolute Gasteiger partial charge is 0.337 e. The van der Waals surface area contributed by atoms with E-state index in [1.54, 1.807) is 0 Å². The van der Waals surface area contributed by atoms with Crippen LogP contribution in [0.4, 0.5) is 0 Å². The van der Waals surface area contributed by atoms with Gasteiger partial charge in [0.25, 0.3) is 0 Å². The maximum atomic E-state index is 12.0. The van der Waals surface area contributed by atoms with Gasteiger partial charge in [0.05, 0.1) is 11.6 Å². The van der Waals surface area contributed by atoms with E-state index in [1.165, 1.54) is 16.7 Å². The maximum absolute atomic E-state index is 12.0. The second kappa shape index (κ2) is 8.61. The monoisotopic (exact) mass is 378 g/mol. The Kier molecular flexibility index (Phi) is 6.20. The molecular formula is C24H30N2O2. The Morgan fingerprint density at radius 1 is 1.07 bits per heavy atom. The molecule has 2 aromatic rings. The Hall–Kier alpha value is -2.59. The molecule has 0 radical (unpaired) electrons. The first-order valence-corrected chi connectivity index (χ1v) is 10.1. The van der Waals surface area contributed by atoms with E-state index in [0.717, 1.165) is 37.3 Å². The number of hydrogen-bond acceptors (Lipinski definition) is 3. The summed E-state index contributed by atoms with van der Waals surface area (Å²) in [4.78, 5) is 16.5. The predicted octanol–water partition coefficient (Wildman–Crippen LogP) is 4.48. The van der Waals surface area contributed by atoms with E-state index < -0.39 is 5.97 Å². The number of aryl methyl sites for hydroxylation is 2. The molecule has 0 aromatic heterocycles. The van der Waals surface area contributed by atoms with Crippen LogP contribution in [0.2, 0.25) is 0 Å². The topological polar surface area (TPSA) is 43.8 Å². The molecule has 28 heavy (non-hydrogen) atoms. The van der Waals surface area contributed by atoms with Crippen molar-refractivity contribution >= 4 is 11.5 Å². The van der Waals surface area contributed by atoms with Crippen molar-refractivity contribution in [3.05, 3.63) is 76.5 Å². The number of carboxylic acid groups (broad SMARTS) is 1. The second-order valence-corrected chi connectivity index (χ2v) is 7.46. The van der Waals surface area contributed by atoms with Crippen LogP contribution in [0.5, 0.6) is 0 Å². The van der Waals surface area contributed by atoms with Crippen LogP contribution in [-0.2, 0) is 4.79 Å². The molecule has 2 aromatic carbocycles. The molecule has 0 aliphatic carbocycles. The number of carbonyl (C=O) groups is 1. The Bertz CT molecular complexity index is 884. The van der Waals surface area contributed by atoms with Gasteiger partial charge in [-0.05, 0) is 49.2 Å². The molecule has 1 unspecified atom stereocenters. The first-order chi connectivity index (χ1) is 13.5. The SMILES string of the molecule is CCN(CC)CCN1C=C(C(=O)O)c2ccccc2C1c1ccc(C)cc1C. The molecule has 1 aliphatic rings. The summed E-state index contributed by atoms with van der Waals surface area (Å²) in [5.41, 5.74) is 5.96. The summed E-state index contributed by atoms with van der Waals surface area (Å²) in [5.74, 6) is -0.876. The molecule has 4 heteroatoms. The number of rotatable bonds is 7. The van der Waals surface area contributed by atoms with Crippen molar-refractivity contribution in [2.24, 2.45) is 0 Å². The van der Waals surface area contributed by atoms with Crippen LogP contribution in [0, 0.1) is 13.8 Å². The van der Waals surface area contributed by atoms with Crippen LogP contribution in [0.1, 0.15) is 47.7 Å². The normalized spacial score (nSPS) is 16.1. The lowest BCUT2D eigenvalue weighted by Crippen LogP contribution is -2.37. The van der Waals surface area contributed by atoms with Crippen molar-refractivity contribution in [3.8, 4) is 0 Å². The first kappa shape index (κ1) is 20.2. The number of carboxylic acids is 1. The van der Waals surface area contributed by atoms with Crippen LogP contribution in [-0.4, -0.2) is 47.1 Å². The molecule has 0 fully saturated rings. The zero-order chi connectivity index (χ0) is 20.3. The number of hydrogen-bond donors (Lipinski definition) is 1. The van der Waals surface area contributed by atoms with Gasteiger partial charge in [-0.3, -0.25) is 0 Å². The van der Waals surface area contributed by atoms with Gasteiger partial charge in [0.1, 0.15) is 0 Å². The molecule has 3 rings (SSSR count). The summed E-state index contributed by atoms with van der Waals surface area (Å²) in [6, 6.07) is 14.5. The Labute approximate surface area is 168 Å². The molecule has 0 saturated heterocycles. The molecular weight excluding hydrogens is 348 g/mol. The van der Waals surface area contributed by atoms with E-state index in [1.807, 2.05) is 24.4 Å². The fourth-order valence-electron chi connectivity index (χ4n) is 4.11. The summed E-state index contributed by atoms with van der Waals surface area (Å²) >= 11 is 0.